The molecule has 0 heterocycles. The van der Waals surface area contributed by atoms with Crippen LogP contribution >= 0.6 is 0 Å². The van der Waals surface area contributed by atoms with Gasteiger partial charge in [0, 0.05) is 12.0 Å². The van der Waals surface area contributed by atoms with Crippen molar-refractivity contribution in [1.82, 2.24) is 0 Å². The first-order valence-electron chi connectivity index (χ1n) is 6.21. The van der Waals surface area contributed by atoms with Crippen molar-refractivity contribution >= 4 is 11.9 Å². The molecule has 5 heteroatoms. The number of hydrogen-bond donors (Lipinski definition) is 1. The van der Waals surface area contributed by atoms with Crippen molar-refractivity contribution in [3.8, 4) is 5.75 Å². The summed E-state index contributed by atoms with van der Waals surface area (Å²) in [5.41, 5.74) is 5.61. The Labute approximate surface area is 112 Å². The second-order valence-corrected chi connectivity index (χ2v) is 4.16. The third kappa shape index (κ3) is 4.62. The van der Waals surface area contributed by atoms with Crippen LogP contribution in [0.4, 0.5) is 4.79 Å². The topological polar surface area (TPSA) is 78.6 Å². The SMILES string of the molecule is CCCCC(=O)C(OC(N)=O)c1ccc(OC)cc1. The molecule has 104 valence electrons. The number of benzene rings is 1. The van der Waals surface area contributed by atoms with Crippen molar-refractivity contribution < 1.29 is 19.1 Å². The molecule has 1 aromatic rings. The Hall–Kier alpha value is -2.04. The van der Waals surface area contributed by atoms with E-state index in [0.29, 0.717) is 17.7 Å². The van der Waals surface area contributed by atoms with Crippen LogP contribution in [0, 0.1) is 0 Å². The number of carbonyl (C=O) groups is 2. The van der Waals surface area contributed by atoms with E-state index in [1.165, 1.54) is 0 Å². The number of Topliss-reactive ketones (excluding diaryl/α,β-unsaturated/α-hetero) is 1. The molecule has 1 atom stereocenters. The Morgan fingerprint density at radius 1 is 1.26 bits per heavy atom. The quantitative estimate of drug-likeness (QED) is 0.821. The predicted octanol–water partition coefficient (Wildman–Crippen LogP) is 2.59. The summed E-state index contributed by atoms with van der Waals surface area (Å²) in [6.07, 6.45) is 0.131. The Bertz CT molecular complexity index is 428. The zero-order chi connectivity index (χ0) is 14.3. The fraction of sp³-hybridized carbons (Fsp3) is 0.429. The van der Waals surface area contributed by atoms with Gasteiger partial charge in [-0.1, -0.05) is 25.5 Å². The van der Waals surface area contributed by atoms with Crippen molar-refractivity contribution in [3.63, 3.8) is 0 Å². The van der Waals surface area contributed by atoms with Gasteiger partial charge in [-0.15, -0.1) is 0 Å². The van der Waals surface area contributed by atoms with Crippen LogP contribution in [-0.4, -0.2) is 19.0 Å². The standard InChI is InChI=1S/C14H19NO4/c1-3-4-5-12(16)13(19-14(15)17)10-6-8-11(18-2)9-7-10/h6-9,13H,3-5H2,1-2H3,(H2,15,17). The van der Waals surface area contributed by atoms with E-state index in [-0.39, 0.29) is 5.78 Å². The molecule has 0 fully saturated rings. The third-order valence-electron chi connectivity index (χ3n) is 2.72. The Morgan fingerprint density at radius 3 is 2.37 bits per heavy atom. The molecule has 1 amide bonds. The van der Waals surface area contributed by atoms with E-state index in [4.69, 9.17) is 15.2 Å². The van der Waals surface area contributed by atoms with Crippen LogP contribution in [0.15, 0.2) is 24.3 Å². The van der Waals surface area contributed by atoms with E-state index in [9.17, 15) is 9.59 Å². The van der Waals surface area contributed by atoms with E-state index in [1.807, 2.05) is 6.92 Å². The first-order chi connectivity index (χ1) is 9.08. The summed E-state index contributed by atoms with van der Waals surface area (Å²) in [6, 6.07) is 6.80. The van der Waals surface area contributed by atoms with Gasteiger partial charge in [0.25, 0.3) is 0 Å². The highest BCUT2D eigenvalue weighted by atomic mass is 16.6. The summed E-state index contributed by atoms with van der Waals surface area (Å²) in [5, 5.41) is 0. The monoisotopic (exact) mass is 265 g/mol. The number of ether oxygens (including phenoxy) is 2. The Kier molecular flexibility index (Phi) is 5.85. The van der Waals surface area contributed by atoms with Gasteiger partial charge in [0.1, 0.15) is 5.75 Å². The zero-order valence-corrected chi connectivity index (χ0v) is 11.2. The van der Waals surface area contributed by atoms with Gasteiger partial charge in [0.2, 0.25) is 0 Å². The maximum atomic E-state index is 12.0. The Morgan fingerprint density at radius 2 is 1.89 bits per heavy atom. The van der Waals surface area contributed by atoms with Gasteiger partial charge in [-0.3, -0.25) is 4.79 Å². The van der Waals surface area contributed by atoms with Crippen LogP contribution in [0.3, 0.4) is 0 Å². The summed E-state index contributed by atoms with van der Waals surface area (Å²) < 4.78 is 9.96. The molecule has 2 N–H and O–H groups in total. The van der Waals surface area contributed by atoms with Gasteiger partial charge in [-0.25, -0.2) is 4.79 Å². The average molecular weight is 265 g/mol. The smallest absolute Gasteiger partial charge is 0.405 e. The molecular weight excluding hydrogens is 246 g/mol. The molecule has 0 spiro atoms. The highest BCUT2D eigenvalue weighted by molar-refractivity contribution is 5.86. The van der Waals surface area contributed by atoms with Crippen LogP contribution in [0.2, 0.25) is 0 Å². The summed E-state index contributed by atoms with van der Waals surface area (Å²) in [5.74, 6) is 0.522. The van der Waals surface area contributed by atoms with Gasteiger partial charge in [-0.2, -0.15) is 0 Å². The van der Waals surface area contributed by atoms with Crippen molar-refractivity contribution in [3.05, 3.63) is 29.8 Å². The number of rotatable bonds is 7. The zero-order valence-electron chi connectivity index (χ0n) is 11.2. The van der Waals surface area contributed by atoms with Crippen molar-refractivity contribution in [2.24, 2.45) is 5.73 Å². The molecule has 1 aromatic carbocycles. The molecule has 19 heavy (non-hydrogen) atoms. The minimum Gasteiger partial charge on any atom is -0.497 e. The van der Waals surface area contributed by atoms with E-state index < -0.39 is 12.2 Å². The van der Waals surface area contributed by atoms with E-state index in [1.54, 1.807) is 31.4 Å². The summed E-state index contributed by atoms with van der Waals surface area (Å²) >= 11 is 0. The van der Waals surface area contributed by atoms with Crippen LogP contribution in [0.25, 0.3) is 0 Å². The average Bonchev–Trinajstić information content (AvgIpc) is 2.42. The number of methoxy groups -OCH3 is 1. The molecule has 0 aliphatic heterocycles. The summed E-state index contributed by atoms with van der Waals surface area (Å²) in [7, 11) is 1.55. The van der Waals surface area contributed by atoms with Gasteiger partial charge >= 0.3 is 6.09 Å². The molecular formula is C14H19NO4. The molecule has 5 nitrogen and oxygen atoms in total. The van der Waals surface area contributed by atoms with Crippen LogP contribution in [-0.2, 0) is 9.53 Å². The number of primary amides is 1. The predicted molar refractivity (Wildman–Crippen MR) is 70.9 cm³/mol. The number of hydrogen-bond acceptors (Lipinski definition) is 4. The molecule has 0 aromatic heterocycles. The highest BCUT2D eigenvalue weighted by Gasteiger charge is 2.23. The van der Waals surface area contributed by atoms with E-state index in [0.717, 1.165) is 12.8 Å². The molecule has 0 aliphatic rings. The summed E-state index contributed by atoms with van der Waals surface area (Å²) in [4.78, 5) is 22.9. The van der Waals surface area contributed by atoms with Gasteiger partial charge in [0.15, 0.2) is 11.9 Å². The first kappa shape index (κ1) is 15.0. The largest absolute Gasteiger partial charge is 0.497 e. The van der Waals surface area contributed by atoms with Crippen LogP contribution < -0.4 is 10.5 Å². The van der Waals surface area contributed by atoms with Gasteiger partial charge in [-0.05, 0) is 18.6 Å². The van der Waals surface area contributed by atoms with E-state index >= 15 is 0 Å². The van der Waals surface area contributed by atoms with Gasteiger partial charge < -0.3 is 15.2 Å². The lowest BCUT2D eigenvalue weighted by Crippen LogP contribution is -2.23. The van der Waals surface area contributed by atoms with Crippen molar-refractivity contribution in [1.29, 1.82) is 0 Å². The second-order valence-electron chi connectivity index (χ2n) is 4.16. The van der Waals surface area contributed by atoms with Crippen molar-refractivity contribution in [2.45, 2.75) is 32.3 Å². The van der Waals surface area contributed by atoms with Crippen LogP contribution in [0.5, 0.6) is 5.75 Å². The van der Waals surface area contributed by atoms with Gasteiger partial charge in [0.05, 0.1) is 7.11 Å². The molecule has 1 unspecified atom stereocenters. The molecule has 0 radical (unpaired) electrons. The number of ketones is 1. The maximum Gasteiger partial charge on any atom is 0.405 e. The normalized spacial score (nSPS) is 11.7. The lowest BCUT2D eigenvalue weighted by molar-refractivity contribution is -0.127. The Balaban J connectivity index is 2.88. The van der Waals surface area contributed by atoms with Crippen LogP contribution in [0.1, 0.15) is 37.9 Å². The fourth-order valence-electron chi connectivity index (χ4n) is 1.70. The van der Waals surface area contributed by atoms with E-state index in [2.05, 4.69) is 0 Å². The third-order valence-corrected chi connectivity index (χ3v) is 2.72. The highest BCUT2D eigenvalue weighted by Crippen LogP contribution is 2.23. The molecule has 1 rings (SSSR count). The minimum absolute atomic E-state index is 0.147. The number of nitrogens with two attached hydrogens (primary N) is 1. The number of carbonyl (C=O) groups excluding carboxylic acids is 2. The lowest BCUT2D eigenvalue weighted by Gasteiger charge is -2.16. The number of amides is 1. The molecule has 0 saturated carbocycles. The minimum atomic E-state index is -0.953. The first-order valence-corrected chi connectivity index (χ1v) is 6.21. The lowest BCUT2D eigenvalue weighted by atomic mass is 10.0. The fourth-order valence-corrected chi connectivity index (χ4v) is 1.70. The molecule has 0 bridgehead atoms. The number of unbranched alkanes of at least 4 members (excludes halogenated alkanes) is 1. The maximum absolute atomic E-state index is 12.0. The molecule has 0 saturated heterocycles. The second kappa shape index (κ2) is 7.41. The molecule has 0 aliphatic carbocycles. The van der Waals surface area contributed by atoms with Crippen molar-refractivity contribution in [2.75, 3.05) is 7.11 Å². The summed E-state index contributed by atoms with van der Waals surface area (Å²) in [6.45, 7) is 1.99.